The molecule has 0 heterocycles. The molecule has 0 aromatic carbocycles. The van der Waals surface area contributed by atoms with E-state index >= 15 is 0 Å². The quantitative estimate of drug-likeness (QED) is 0.463. The van der Waals surface area contributed by atoms with Crippen molar-refractivity contribution in [1.82, 2.24) is 0 Å². The summed E-state index contributed by atoms with van der Waals surface area (Å²) in [4.78, 5) is 0. The summed E-state index contributed by atoms with van der Waals surface area (Å²) in [5.41, 5.74) is 0. The lowest BCUT2D eigenvalue weighted by atomic mass is 10.1. The molecule has 0 heteroatoms. The molecule has 1 saturated carbocycles. The van der Waals surface area contributed by atoms with Crippen LogP contribution >= 0.6 is 0 Å². The highest BCUT2D eigenvalue weighted by atomic mass is 14.4. The lowest BCUT2D eigenvalue weighted by Crippen LogP contribution is -1.85. The predicted octanol–water partition coefficient (Wildman–Crippen LogP) is 2.98. The van der Waals surface area contributed by atoms with Gasteiger partial charge in [0.15, 0.2) is 0 Å². The van der Waals surface area contributed by atoms with Gasteiger partial charge in [0.2, 0.25) is 0 Å². The number of hydrogen-bond acceptors (Lipinski definition) is 0. The Morgan fingerprint density at radius 3 is 2.91 bits per heavy atom. The van der Waals surface area contributed by atoms with Crippen LogP contribution in [0.15, 0.2) is 0 Å². The topological polar surface area (TPSA) is 0 Å². The third-order valence-electron chi connectivity index (χ3n) is 2.84. The molecular formula is C11H16. The Hall–Kier alpha value is -0.440. The van der Waals surface area contributed by atoms with Gasteiger partial charge in [0.05, 0.1) is 0 Å². The molecule has 2 aliphatic rings. The van der Waals surface area contributed by atoms with Crippen molar-refractivity contribution in [2.75, 3.05) is 0 Å². The largest absolute Gasteiger partial charge is 0.103 e. The lowest BCUT2D eigenvalue weighted by molar-refractivity contribution is 0.577. The first-order chi connectivity index (χ1) is 5.47. The maximum absolute atomic E-state index is 3.38. The van der Waals surface area contributed by atoms with Crippen molar-refractivity contribution in [2.24, 2.45) is 11.8 Å². The van der Waals surface area contributed by atoms with Crippen LogP contribution in [-0.2, 0) is 0 Å². The molecule has 0 saturated heterocycles. The van der Waals surface area contributed by atoms with E-state index < -0.39 is 0 Å². The standard InChI is InChI=1S/C11H16/c1-2-4-6-8-11-9-10(11)7-5-3-1/h10-11H,1-5,7,9H2/t10-,11-/m1/s1. The third kappa shape index (κ3) is 1.99. The van der Waals surface area contributed by atoms with E-state index in [1.54, 1.807) is 0 Å². The maximum atomic E-state index is 3.38. The van der Waals surface area contributed by atoms with E-state index in [0.717, 1.165) is 18.3 Å². The highest BCUT2D eigenvalue weighted by Gasteiger charge is 2.34. The Kier molecular flexibility index (Phi) is 2.17. The van der Waals surface area contributed by atoms with E-state index in [4.69, 9.17) is 0 Å². The Bertz CT molecular complexity index is 182. The zero-order chi connectivity index (χ0) is 7.52. The van der Waals surface area contributed by atoms with Gasteiger partial charge in [0.25, 0.3) is 0 Å². The van der Waals surface area contributed by atoms with Crippen LogP contribution in [0.25, 0.3) is 0 Å². The fourth-order valence-electron chi connectivity index (χ4n) is 1.92. The van der Waals surface area contributed by atoms with E-state index in [2.05, 4.69) is 11.8 Å². The van der Waals surface area contributed by atoms with Gasteiger partial charge in [-0.25, -0.2) is 0 Å². The molecule has 2 atom stereocenters. The molecule has 0 N–H and O–H groups in total. The summed E-state index contributed by atoms with van der Waals surface area (Å²) in [5, 5.41) is 0. The van der Waals surface area contributed by atoms with Crippen molar-refractivity contribution in [2.45, 2.75) is 44.9 Å². The lowest BCUT2D eigenvalue weighted by Gasteiger charge is -1.99. The molecule has 0 nitrogen and oxygen atoms in total. The first kappa shape index (κ1) is 7.22. The van der Waals surface area contributed by atoms with Gasteiger partial charge in [-0.1, -0.05) is 25.2 Å². The van der Waals surface area contributed by atoms with Crippen LogP contribution in [0.4, 0.5) is 0 Å². The summed E-state index contributed by atoms with van der Waals surface area (Å²) >= 11 is 0. The van der Waals surface area contributed by atoms with Crippen LogP contribution in [-0.4, -0.2) is 0 Å². The molecule has 0 aromatic heterocycles. The van der Waals surface area contributed by atoms with E-state index in [1.807, 2.05) is 0 Å². The minimum absolute atomic E-state index is 0.813. The molecule has 0 bridgehead atoms. The monoisotopic (exact) mass is 148 g/mol. The minimum Gasteiger partial charge on any atom is -0.103 e. The first-order valence-electron chi connectivity index (χ1n) is 4.95. The Labute approximate surface area is 69.4 Å². The molecule has 60 valence electrons. The van der Waals surface area contributed by atoms with E-state index in [9.17, 15) is 0 Å². The number of fused-ring (bicyclic) bond motifs is 1. The second-order valence-electron chi connectivity index (χ2n) is 3.88. The number of rotatable bonds is 0. The fraction of sp³-hybridized carbons (Fsp3) is 0.818. The molecule has 0 aliphatic heterocycles. The maximum Gasteiger partial charge on any atom is 0.0234 e. The zero-order valence-corrected chi connectivity index (χ0v) is 7.10. The molecule has 11 heavy (non-hydrogen) atoms. The van der Waals surface area contributed by atoms with Gasteiger partial charge in [-0.2, -0.15) is 0 Å². The Morgan fingerprint density at radius 2 is 1.91 bits per heavy atom. The molecular weight excluding hydrogens is 132 g/mol. The summed E-state index contributed by atoms with van der Waals surface area (Å²) in [7, 11) is 0. The van der Waals surface area contributed by atoms with Crippen molar-refractivity contribution < 1.29 is 0 Å². The van der Waals surface area contributed by atoms with Crippen LogP contribution in [0, 0.1) is 23.7 Å². The van der Waals surface area contributed by atoms with Crippen LogP contribution in [0.2, 0.25) is 0 Å². The molecule has 2 aliphatic carbocycles. The summed E-state index contributed by atoms with van der Waals surface area (Å²) in [6, 6.07) is 0. The minimum atomic E-state index is 0.813. The SMILES string of the molecule is C1#C[C@@H]2C[C@H]2CCCCCC1. The van der Waals surface area contributed by atoms with Gasteiger partial charge in [0.1, 0.15) is 0 Å². The molecule has 0 radical (unpaired) electrons. The van der Waals surface area contributed by atoms with E-state index in [0.29, 0.717) is 0 Å². The van der Waals surface area contributed by atoms with Gasteiger partial charge in [-0.15, -0.1) is 5.92 Å². The van der Waals surface area contributed by atoms with E-state index in [1.165, 1.54) is 38.5 Å². The average Bonchev–Trinajstić information content (AvgIpc) is 2.76. The molecule has 0 aromatic rings. The van der Waals surface area contributed by atoms with Crippen molar-refractivity contribution >= 4 is 0 Å². The average molecular weight is 148 g/mol. The second-order valence-corrected chi connectivity index (χ2v) is 3.88. The van der Waals surface area contributed by atoms with Gasteiger partial charge in [-0.3, -0.25) is 0 Å². The third-order valence-corrected chi connectivity index (χ3v) is 2.84. The summed E-state index contributed by atoms with van der Waals surface area (Å²) < 4.78 is 0. The van der Waals surface area contributed by atoms with Crippen LogP contribution in [0.5, 0.6) is 0 Å². The zero-order valence-electron chi connectivity index (χ0n) is 7.10. The predicted molar refractivity (Wildman–Crippen MR) is 47.1 cm³/mol. The van der Waals surface area contributed by atoms with Gasteiger partial charge in [-0.05, 0) is 25.2 Å². The smallest absolute Gasteiger partial charge is 0.0234 e. The highest BCUT2D eigenvalue weighted by molar-refractivity contribution is 5.12. The number of hydrogen-bond donors (Lipinski definition) is 0. The first-order valence-corrected chi connectivity index (χ1v) is 4.95. The van der Waals surface area contributed by atoms with Crippen LogP contribution < -0.4 is 0 Å². The second kappa shape index (κ2) is 3.30. The molecule has 1 fully saturated rings. The van der Waals surface area contributed by atoms with Crippen molar-refractivity contribution in [3.05, 3.63) is 0 Å². The van der Waals surface area contributed by atoms with Crippen molar-refractivity contribution in [3.8, 4) is 11.8 Å². The summed E-state index contributed by atoms with van der Waals surface area (Å²) in [6.07, 6.45) is 9.68. The van der Waals surface area contributed by atoms with Crippen molar-refractivity contribution in [1.29, 1.82) is 0 Å². The highest BCUT2D eigenvalue weighted by Crippen LogP contribution is 2.42. The molecule has 0 unspecified atom stereocenters. The van der Waals surface area contributed by atoms with E-state index in [-0.39, 0.29) is 0 Å². The normalized spacial score (nSPS) is 36.4. The van der Waals surface area contributed by atoms with Gasteiger partial charge >= 0.3 is 0 Å². The Morgan fingerprint density at radius 1 is 1.00 bits per heavy atom. The summed E-state index contributed by atoms with van der Waals surface area (Å²) in [5.74, 6) is 8.49. The summed E-state index contributed by atoms with van der Waals surface area (Å²) in [6.45, 7) is 0. The molecule has 0 amide bonds. The molecule has 2 rings (SSSR count). The van der Waals surface area contributed by atoms with Crippen molar-refractivity contribution in [3.63, 3.8) is 0 Å². The molecule has 0 spiro atoms. The van der Waals surface area contributed by atoms with Gasteiger partial charge < -0.3 is 0 Å². The van der Waals surface area contributed by atoms with Crippen LogP contribution in [0.3, 0.4) is 0 Å². The van der Waals surface area contributed by atoms with Gasteiger partial charge in [0, 0.05) is 12.3 Å². The Balaban J connectivity index is 1.87. The van der Waals surface area contributed by atoms with Crippen LogP contribution in [0.1, 0.15) is 44.9 Å². The fourth-order valence-corrected chi connectivity index (χ4v) is 1.92.